The highest BCUT2D eigenvalue weighted by atomic mass is 35.5. The summed E-state index contributed by atoms with van der Waals surface area (Å²) < 4.78 is 5.90. The van der Waals surface area contributed by atoms with Gasteiger partial charge in [-0.15, -0.1) is 35.1 Å². The molecule has 0 N–H and O–H groups in total. The Morgan fingerprint density at radius 1 is 1.06 bits per heavy atom. The van der Waals surface area contributed by atoms with E-state index in [2.05, 4.69) is 18.0 Å². The Hall–Kier alpha value is -2.58. The van der Waals surface area contributed by atoms with E-state index < -0.39 is 5.97 Å². The van der Waals surface area contributed by atoms with Crippen LogP contribution in [0.25, 0.3) is 20.8 Å². The molecule has 0 aliphatic carbocycles. The highest BCUT2D eigenvalue weighted by molar-refractivity contribution is 7.22. The standard InChI is InChI=1S/C25H22N2O3S2.ClH/c1-27-12-11-17-22(14-27)31-21(23(17)24-26-18-5-3-4-6-20(18)32-24)13-19(28)15-7-9-16(10-8-15)25(29)30-2;/h3-10H,11-14H2,1-2H3;1H. The number of methoxy groups -OCH3 is 1. The number of likely N-dealkylation sites (N-methyl/N-ethyl adjacent to an activating group) is 1. The molecule has 0 saturated carbocycles. The minimum atomic E-state index is -0.405. The first-order chi connectivity index (χ1) is 15.5. The number of para-hydroxylation sites is 1. The van der Waals surface area contributed by atoms with Crippen LogP contribution in [-0.4, -0.2) is 42.3 Å². The van der Waals surface area contributed by atoms with E-state index in [1.807, 2.05) is 18.2 Å². The number of fused-ring (bicyclic) bond motifs is 2. The van der Waals surface area contributed by atoms with Crippen LogP contribution in [0.1, 0.15) is 36.0 Å². The van der Waals surface area contributed by atoms with Crippen molar-refractivity contribution in [3.05, 3.63) is 75.0 Å². The molecular formula is C25H23ClN2O3S2. The van der Waals surface area contributed by atoms with Crippen LogP contribution in [0, 0.1) is 0 Å². The van der Waals surface area contributed by atoms with E-state index in [0.29, 0.717) is 17.5 Å². The molecule has 0 fully saturated rings. The molecule has 0 amide bonds. The predicted molar refractivity (Wildman–Crippen MR) is 136 cm³/mol. The van der Waals surface area contributed by atoms with Gasteiger partial charge in [-0.2, -0.15) is 0 Å². The summed E-state index contributed by atoms with van der Waals surface area (Å²) in [5, 5.41) is 0.997. The summed E-state index contributed by atoms with van der Waals surface area (Å²) in [7, 11) is 3.48. The fourth-order valence-corrected chi connectivity index (χ4v) is 6.66. The van der Waals surface area contributed by atoms with Crippen molar-refractivity contribution in [3.8, 4) is 10.6 Å². The lowest BCUT2D eigenvalue weighted by molar-refractivity contribution is 0.0600. The van der Waals surface area contributed by atoms with Crippen molar-refractivity contribution in [2.45, 2.75) is 19.4 Å². The fraction of sp³-hybridized carbons (Fsp3) is 0.240. The summed E-state index contributed by atoms with van der Waals surface area (Å²) in [5.41, 5.74) is 4.52. The maximum atomic E-state index is 13.2. The van der Waals surface area contributed by atoms with Gasteiger partial charge < -0.3 is 9.64 Å². The largest absolute Gasteiger partial charge is 0.465 e. The molecule has 2 aromatic heterocycles. The number of Topliss-reactive ketones (excluding diaryl/α,β-unsaturated/α-hetero) is 1. The number of ether oxygens (including phenoxy) is 1. The van der Waals surface area contributed by atoms with Crippen molar-refractivity contribution < 1.29 is 14.3 Å². The van der Waals surface area contributed by atoms with E-state index in [-0.39, 0.29) is 18.2 Å². The summed E-state index contributed by atoms with van der Waals surface area (Å²) in [4.78, 5) is 34.5. The van der Waals surface area contributed by atoms with Crippen LogP contribution in [0.2, 0.25) is 0 Å². The van der Waals surface area contributed by atoms with E-state index in [1.165, 1.54) is 17.6 Å². The van der Waals surface area contributed by atoms with Crippen LogP contribution < -0.4 is 0 Å². The third-order valence-corrected chi connectivity index (χ3v) is 8.05. The summed E-state index contributed by atoms with van der Waals surface area (Å²) in [6.45, 7) is 1.91. The third kappa shape index (κ3) is 4.59. The first-order valence-corrected chi connectivity index (χ1v) is 12.1. The number of rotatable bonds is 5. The van der Waals surface area contributed by atoms with E-state index in [4.69, 9.17) is 9.72 Å². The van der Waals surface area contributed by atoms with E-state index in [1.54, 1.807) is 46.9 Å². The van der Waals surface area contributed by atoms with Gasteiger partial charge in [0.05, 0.1) is 22.9 Å². The van der Waals surface area contributed by atoms with Crippen LogP contribution in [0.4, 0.5) is 0 Å². The minimum absolute atomic E-state index is 0. The van der Waals surface area contributed by atoms with Gasteiger partial charge in [0, 0.05) is 40.4 Å². The molecule has 8 heteroatoms. The normalized spacial score (nSPS) is 13.4. The molecule has 0 unspecified atom stereocenters. The Labute approximate surface area is 206 Å². The molecule has 3 heterocycles. The number of benzene rings is 2. The maximum absolute atomic E-state index is 13.2. The van der Waals surface area contributed by atoms with Gasteiger partial charge in [0.1, 0.15) is 5.01 Å². The van der Waals surface area contributed by atoms with Gasteiger partial charge >= 0.3 is 5.97 Å². The number of nitrogens with zero attached hydrogens (tertiary/aromatic N) is 2. The zero-order chi connectivity index (χ0) is 22.2. The third-order valence-electron chi connectivity index (χ3n) is 5.78. The molecule has 0 bridgehead atoms. The summed E-state index contributed by atoms with van der Waals surface area (Å²) >= 11 is 3.43. The molecule has 0 saturated heterocycles. The first kappa shape index (κ1) is 23.6. The molecule has 1 aliphatic heterocycles. The maximum Gasteiger partial charge on any atom is 0.337 e. The smallest absolute Gasteiger partial charge is 0.337 e. The summed E-state index contributed by atoms with van der Waals surface area (Å²) in [6.07, 6.45) is 1.29. The summed E-state index contributed by atoms with van der Waals surface area (Å²) in [6, 6.07) is 14.9. The van der Waals surface area contributed by atoms with E-state index in [0.717, 1.165) is 45.2 Å². The predicted octanol–water partition coefficient (Wildman–Crippen LogP) is 5.65. The zero-order valence-corrected chi connectivity index (χ0v) is 20.7. The van der Waals surface area contributed by atoms with Crippen molar-refractivity contribution in [2.75, 3.05) is 20.7 Å². The van der Waals surface area contributed by atoms with Crippen molar-refractivity contribution in [2.24, 2.45) is 0 Å². The molecule has 0 spiro atoms. The number of hydrogen-bond acceptors (Lipinski definition) is 7. The molecule has 4 aromatic rings. The van der Waals surface area contributed by atoms with Crippen molar-refractivity contribution in [1.29, 1.82) is 0 Å². The van der Waals surface area contributed by atoms with Gasteiger partial charge in [-0.3, -0.25) is 4.79 Å². The molecule has 33 heavy (non-hydrogen) atoms. The number of ketones is 1. The SMILES string of the molecule is COC(=O)c1ccc(C(=O)Cc2sc3c(c2-c2nc4ccccc4s2)CCN(C)C3)cc1.Cl. The van der Waals surface area contributed by atoms with Gasteiger partial charge in [-0.1, -0.05) is 24.3 Å². The lowest BCUT2D eigenvalue weighted by atomic mass is 9.99. The molecular weight excluding hydrogens is 476 g/mol. The number of carbonyl (C=O) groups is 2. The topological polar surface area (TPSA) is 59.5 Å². The Morgan fingerprint density at radius 3 is 2.52 bits per heavy atom. The highest BCUT2D eigenvalue weighted by Gasteiger charge is 2.27. The van der Waals surface area contributed by atoms with Crippen molar-refractivity contribution >= 4 is 57.0 Å². The van der Waals surface area contributed by atoms with Crippen molar-refractivity contribution in [3.63, 3.8) is 0 Å². The van der Waals surface area contributed by atoms with Crippen LogP contribution in [-0.2, 0) is 24.1 Å². The van der Waals surface area contributed by atoms with Crippen LogP contribution in [0.5, 0.6) is 0 Å². The zero-order valence-electron chi connectivity index (χ0n) is 18.3. The monoisotopic (exact) mass is 498 g/mol. The van der Waals surface area contributed by atoms with Gasteiger partial charge in [0.15, 0.2) is 5.78 Å². The van der Waals surface area contributed by atoms with Gasteiger partial charge in [-0.05, 0) is 43.3 Å². The number of thiophene rings is 1. The lowest BCUT2D eigenvalue weighted by Crippen LogP contribution is -2.25. The molecule has 2 aromatic carbocycles. The minimum Gasteiger partial charge on any atom is -0.465 e. The molecule has 0 atom stereocenters. The van der Waals surface area contributed by atoms with E-state index in [9.17, 15) is 9.59 Å². The Kier molecular flexibility index (Phi) is 6.95. The second kappa shape index (κ2) is 9.73. The molecule has 1 aliphatic rings. The number of halogens is 1. The number of thiazole rings is 1. The van der Waals surface area contributed by atoms with E-state index >= 15 is 0 Å². The van der Waals surface area contributed by atoms with Gasteiger partial charge in [0.25, 0.3) is 0 Å². The molecule has 0 radical (unpaired) electrons. The van der Waals surface area contributed by atoms with Crippen LogP contribution in [0.3, 0.4) is 0 Å². The van der Waals surface area contributed by atoms with Crippen LogP contribution in [0.15, 0.2) is 48.5 Å². The number of aromatic nitrogens is 1. The number of esters is 1. The molecule has 5 rings (SSSR count). The highest BCUT2D eigenvalue weighted by Crippen LogP contribution is 2.42. The van der Waals surface area contributed by atoms with Crippen LogP contribution >= 0.6 is 35.1 Å². The lowest BCUT2D eigenvalue weighted by Gasteiger charge is -2.22. The Morgan fingerprint density at radius 2 is 1.79 bits per heavy atom. The molecule has 170 valence electrons. The fourth-order valence-electron chi connectivity index (χ4n) is 4.10. The first-order valence-electron chi connectivity index (χ1n) is 10.4. The molecule has 5 nitrogen and oxygen atoms in total. The number of carbonyl (C=O) groups excluding carboxylic acids is 2. The number of hydrogen-bond donors (Lipinski definition) is 0. The van der Waals surface area contributed by atoms with Crippen molar-refractivity contribution in [1.82, 2.24) is 9.88 Å². The second-order valence-corrected chi connectivity index (χ2v) is 10.2. The van der Waals surface area contributed by atoms with Gasteiger partial charge in [0.2, 0.25) is 0 Å². The average molecular weight is 499 g/mol. The summed E-state index contributed by atoms with van der Waals surface area (Å²) in [5.74, 6) is -0.368. The second-order valence-electron chi connectivity index (χ2n) is 7.95. The quantitative estimate of drug-likeness (QED) is 0.263. The Bertz CT molecular complexity index is 1290. The Balaban J connectivity index is 0.00000259. The van der Waals surface area contributed by atoms with Gasteiger partial charge in [-0.25, -0.2) is 9.78 Å². The average Bonchev–Trinajstić information content (AvgIpc) is 3.38.